The first-order chi connectivity index (χ1) is 10.4. The van der Waals surface area contributed by atoms with Gasteiger partial charge in [-0.25, -0.2) is 0 Å². The number of hydrogen-bond acceptors (Lipinski definition) is 4. The Balaban J connectivity index is 1.95. The summed E-state index contributed by atoms with van der Waals surface area (Å²) in [5.41, 5.74) is 0.424. The lowest BCUT2D eigenvalue weighted by Gasteiger charge is -2.14. The van der Waals surface area contributed by atoms with E-state index in [1.54, 1.807) is 12.1 Å². The molecule has 0 bridgehead atoms. The number of carbonyl (C=O) groups excluding carboxylic acids is 3. The lowest BCUT2D eigenvalue weighted by Crippen LogP contribution is -2.40. The van der Waals surface area contributed by atoms with Gasteiger partial charge in [0.05, 0.1) is 16.1 Å². The lowest BCUT2D eigenvalue weighted by atomic mass is 10.1. The van der Waals surface area contributed by atoms with Crippen molar-refractivity contribution in [3.05, 3.63) is 34.3 Å². The molecule has 118 valence electrons. The van der Waals surface area contributed by atoms with Gasteiger partial charge in [-0.1, -0.05) is 17.7 Å². The Kier molecular flexibility index (Phi) is 5.15. The van der Waals surface area contributed by atoms with Crippen molar-refractivity contribution in [2.45, 2.75) is 6.42 Å². The molecule has 1 N–H and O–H groups in total. The minimum atomic E-state index is -0.519. The van der Waals surface area contributed by atoms with Crippen LogP contribution in [0, 0.1) is 0 Å². The fourth-order valence-electron chi connectivity index (χ4n) is 2.26. The van der Waals surface area contributed by atoms with Crippen LogP contribution in [0.2, 0.25) is 5.02 Å². The highest BCUT2D eigenvalue weighted by Gasteiger charge is 2.37. The zero-order chi connectivity index (χ0) is 16.3. The predicted molar refractivity (Wildman–Crippen MR) is 83.0 cm³/mol. The molecule has 1 aliphatic rings. The van der Waals surface area contributed by atoms with Crippen molar-refractivity contribution in [2.75, 3.05) is 33.7 Å². The number of benzene rings is 1. The summed E-state index contributed by atoms with van der Waals surface area (Å²) in [5.74, 6) is -1.36. The van der Waals surface area contributed by atoms with E-state index in [2.05, 4.69) is 5.32 Å². The zero-order valence-corrected chi connectivity index (χ0v) is 13.3. The Morgan fingerprint density at radius 3 is 2.64 bits per heavy atom. The SMILES string of the molecule is CN(C)CCCNC(=O)CN1C(=O)c2cccc(Cl)c2C1=O. The molecule has 1 aliphatic heterocycles. The molecule has 0 unspecified atom stereocenters. The van der Waals surface area contributed by atoms with Gasteiger partial charge in [0.25, 0.3) is 11.8 Å². The number of rotatable bonds is 6. The predicted octanol–water partition coefficient (Wildman–Crippen LogP) is 1.00. The summed E-state index contributed by atoms with van der Waals surface area (Å²) in [6, 6.07) is 4.70. The molecule has 3 amide bonds. The van der Waals surface area contributed by atoms with Gasteiger partial charge in [0.2, 0.25) is 5.91 Å². The van der Waals surface area contributed by atoms with Gasteiger partial charge in [-0.15, -0.1) is 0 Å². The maximum absolute atomic E-state index is 12.2. The van der Waals surface area contributed by atoms with Crippen molar-refractivity contribution in [1.82, 2.24) is 15.1 Å². The van der Waals surface area contributed by atoms with Gasteiger partial charge in [0.1, 0.15) is 6.54 Å². The number of hydrogen-bond donors (Lipinski definition) is 1. The van der Waals surface area contributed by atoms with Gasteiger partial charge in [0.15, 0.2) is 0 Å². The second kappa shape index (κ2) is 6.89. The second-order valence-corrected chi connectivity index (χ2v) is 5.77. The van der Waals surface area contributed by atoms with Crippen LogP contribution in [0.3, 0.4) is 0 Å². The van der Waals surface area contributed by atoms with Crippen molar-refractivity contribution in [3.8, 4) is 0 Å². The largest absolute Gasteiger partial charge is 0.354 e. The third-order valence-corrected chi connectivity index (χ3v) is 3.67. The van der Waals surface area contributed by atoms with Crippen LogP contribution in [-0.4, -0.2) is 61.3 Å². The molecular formula is C15H18ClN3O3. The van der Waals surface area contributed by atoms with Crippen LogP contribution < -0.4 is 5.32 Å². The molecule has 1 aromatic carbocycles. The second-order valence-electron chi connectivity index (χ2n) is 5.37. The molecule has 1 heterocycles. The van der Waals surface area contributed by atoms with E-state index >= 15 is 0 Å². The number of carbonyl (C=O) groups is 3. The van der Waals surface area contributed by atoms with Gasteiger partial charge in [-0.2, -0.15) is 0 Å². The number of imide groups is 1. The fourth-order valence-corrected chi connectivity index (χ4v) is 2.51. The van der Waals surface area contributed by atoms with Crippen LogP contribution >= 0.6 is 11.6 Å². The summed E-state index contributed by atoms with van der Waals surface area (Å²) < 4.78 is 0. The third kappa shape index (κ3) is 3.45. The average molecular weight is 324 g/mol. The van der Waals surface area contributed by atoms with Gasteiger partial charge in [-0.3, -0.25) is 19.3 Å². The fraction of sp³-hybridized carbons (Fsp3) is 0.400. The average Bonchev–Trinajstić information content (AvgIpc) is 2.70. The molecule has 0 aliphatic carbocycles. The first-order valence-electron chi connectivity index (χ1n) is 6.98. The molecule has 0 aromatic heterocycles. The zero-order valence-electron chi connectivity index (χ0n) is 12.6. The Labute approximate surface area is 134 Å². The molecular weight excluding hydrogens is 306 g/mol. The van der Waals surface area contributed by atoms with E-state index in [0.717, 1.165) is 17.9 Å². The normalized spacial score (nSPS) is 13.7. The molecule has 0 fully saturated rings. The highest BCUT2D eigenvalue weighted by Crippen LogP contribution is 2.28. The summed E-state index contributed by atoms with van der Waals surface area (Å²) in [5, 5.41) is 2.93. The van der Waals surface area contributed by atoms with Crippen LogP contribution in [-0.2, 0) is 4.79 Å². The van der Waals surface area contributed by atoms with E-state index in [-0.39, 0.29) is 28.6 Å². The Morgan fingerprint density at radius 2 is 2.00 bits per heavy atom. The maximum Gasteiger partial charge on any atom is 0.263 e. The van der Waals surface area contributed by atoms with Gasteiger partial charge < -0.3 is 10.2 Å². The summed E-state index contributed by atoms with van der Waals surface area (Å²) in [4.78, 5) is 39.2. The van der Waals surface area contributed by atoms with Crippen molar-refractivity contribution in [1.29, 1.82) is 0 Å². The number of nitrogens with zero attached hydrogens (tertiary/aromatic N) is 2. The molecule has 22 heavy (non-hydrogen) atoms. The minimum Gasteiger partial charge on any atom is -0.354 e. The van der Waals surface area contributed by atoms with Crippen LogP contribution in [0.4, 0.5) is 0 Å². The van der Waals surface area contributed by atoms with Crippen LogP contribution in [0.5, 0.6) is 0 Å². The summed E-state index contributed by atoms with van der Waals surface area (Å²) in [7, 11) is 3.90. The molecule has 0 spiro atoms. The number of fused-ring (bicyclic) bond motifs is 1. The van der Waals surface area contributed by atoms with Crippen molar-refractivity contribution in [2.24, 2.45) is 0 Å². The number of halogens is 1. The standard InChI is InChI=1S/C15H18ClN3O3/c1-18(2)8-4-7-17-12(20)9-19-14(21)10-5-3-6-11(16)13(10)15(19)22/h3,5-6H,4,7-9H2,1-2H3,(H,17,20). The first kappa shape index (κ1) is 16.5. The van der Waals surface area contributed by atoms with Crippen molar-refractivity contribution < 1.29 is 14.4 Å². The molecule has 0 saturated heterocycles. The van der Waals surface area contributed by atoms with E-state index < -0.39 is 11.8 Å². The van der Waals surface area contributed by atoms with Crippen molar-refractivity contribution >= 4 is 29.3 Å². The van der Waals surface area contributed by atoms with Crippen molar-refractivity contribution in [3.63, 3.8) is 0 Å². The molecule has 0 radical (unpaired) electrons. The molecule has 2 rings (SSSR count). The van der Waals surface area contributed by atoms with E-state index in [4.69, 9.17) is 11.6 Å². The Hall–Kier alpha value is -1.92. The van der Waals surface area contributed by atoms with Crippen LogP contribution in [0.1, 0.15) is 27.1 Å². The third-order valence-electron chi connectivity index (χ3n) is 3.35. The smallest absolute Gasteiger partial charge is 0.263 e. The van der Waals surface area contributed by atoms with E-state index in [0.29, 0.717) is 6.54 Å². The maximum atomic E-state index is 12.2. The number of nitrogens with one attached hydrogen (secondary N) is 1. The summed E-state index contributed by atoms with van der Waals surface area (Å²) >= 11 is 5.96. The topological polar surface area (TPSA) is 69.7 Å². The quantitative estimate of drug-likeness (QED) is 0.626. The summed E-state index contributed by atoms with van der Waals surface area (Å²) in [6.45, 7) is 1.06. The molecule has 7 heteroatoms. The monoisotopic (exact) mass is 323 g/mol. The van der Waals surface area contributed by atoms with Gasteiger partial charge in [0, 0.05) is 6.54 Å². The molecule has 0 saturated carbocycles. The highest BCUT2D eigenvalue weighted by molar-refractivity contribution is 6.37. The molecule has 6 nitrogen and oxygen atoms in total. The van der Waals surface area contributed by atoms with E-state index in [9.17, 15) is 14.4 Å². The van der Waals surface area contributed by atoms with Crippen LogP contribution in [0.25, 0.3) is 0 Å². The Morgan fingerprint density at radius 1 is 1.27 bits per heavy atom. The Bertz CT molecular complexity index is 616. The highest BCUT2D eigenvalue weighted by atomic mass is 35.5. The van der Waals surface area contributed by atoms with Crippen LogP contribution in [0.15, 0.2) is 18.2 Å². The van der Waals surface area contributed by atoms with Gasteiger partial charge >= 0.3 is 0 Å². The number of amides is 3. The molecule has 1 aromatic rings. The lowest BCUT2D eigenvalue weighted by molar-refractivity contribution is -0.121. The molecule has 0 atom stereocenters. The first-order valence-corrected chi connectivity index (χ1v) is 7.35. The summed E-state index contributed by atoms with van der Waals surface area (Å²) in [6.07, 6.45) is 0.798. The van der Waals surface area contributed by atoms with Gasteiger partial charge in [-0.05, 0) is 39.2 Å². The minimum absolute atomic E-state index is 0.176. The van der Waals surface area contributed by atoms with E-state index in [1.165, 1.54) is 6.07 Å². The van der Waals surface area contributed by atoms with E-state index in [1.807, 2.05) is 19.0 Å².